The summed E-state index contributed by atoms with van der Waals surface area (Å²) in [5.41, 5.74) is 0. The molecule has 0 unspecified atom stereocenters. The predicted molar refractivity (Wildman–Crippen MR) is 27.6 cm³/mol. The van der Waals surface area contributed by atoms with Crippen molar-refractivity contribution in [3.8, 4) is 0 Å². The van der Waals surface area contributed by atoms with Gasteiger partial charge in [0.1, 0.15) is 0 Å². The Labute approximate surface area is 53.8 Å². The highest BCUT2D eigenvalue weighted by Crippen LogP contribution is 1.72. The van der Waals surface area contributed by atoms with E-state index in [2.05, 4.69) is 4.84 Å². The molecule has 0 heterocycles. The highest BCUT2D eigenvalue weighted by Gasteiger charge is 1.95. The maximum atomic E-state index is 9.59. The molecule has 8 heteroatoms. The van der Waals surface area contributed by atoms with Crippen LogP contribution in [0.25, 0.3) is 0 Å². The van der Waals surface area contributed by atoms with Crippen molar-refractivity contribution in [2.75, 3.05) is 0 Å². The van der Waals surface area contributed by atoms with Crippen molar-refractivity contribution in [2.45, 2.75) is 6.92 Å². The number of carbonyl (C=O) groups excluding carboxylic acids is 1. The van der Waals surface area contributed by atoms with Crippen LogP contribution >= 0.6 is 0 Å². The number of nitrogens with zero attached hydrogens (tertiary/aromatic N) is 2. The lowest BCUT2D eigenvalue weighted by atomic mass is 10.8. The monoisotopic (exact) mass is 151 g/mol. The van der Waals surface area contributed by atoms with Crippen molar-refractivity contribution in [3.63, 3.8) is 0 Å². The van der Waals surface area contributed by atoms with Gasteiger partial charge >= 0.3 is 16.1 Å². The van der Waals surface area contributed by atoms with E-state index in [1.54, 1.807) is 0 Å². The van der Waals surface area contributed by atoms with E-state index in [1.807, 2.05) is 0 Å². The van der Waals surface area contributed by atoms with E-state index in [0.717, 1.165) is 12.0 Å². The zero-order valence-corrected chi connectivity index (χ0v) is 4.84. The molecule has 10 heavy (non-hydrogen) atoms. The second kappa shape index (κ2) is 7.18. The van der Waals surface area contributed by atoms with E-state index < -0.39 is 11.1 Å². The molecule has 0 aromatic rings. The van der Waals surface area contributed by atoms with Crippen LogP contribution in [0, 0.1) is 19.9 Å². The standard InChI is InChI=1S/C2H3NO4.NO2/c1-2(4)7-3(5)6;2-1-3/h1H3;/q;+1. The zero-order valence-electron chi connectivity index (χ0n) is 4.84. The minimum absolute atomic E-state index is 0.912. The van der Waals surface area contributed by atoms with E-state index >= 15 is 0 Å². The minimum atomic E-state index is -1.15. The number of carbonyl (C=O) groups is 1. The highest BCUT2D eigenvalue weighted by molar-refractivity contribution is 5.64. The molecule has 0 aliphatic heterocycles. The molecule has 0 aromatic heterocycles. The Morgan fingerprint density at radius 1 is 1.60 bits per heavy atom. The third-order valence-electron chi connectivity index (χ3n) is 0.203. The van der Waals surface area contributed by atoms with Gasteiger partial charge in [-0.2, -0.15) is 0 Å². The van der Waals surface area contributed by atoms with E-state index in [4.69, 9.17) is 9.81 Å². The second-order valence-corrected chi connectivity index (χ2v) is 0.881. The van der Waals surface area contributed by atoms with E-state index in [0.29, 0.717) is 0 Å². The van der Waals surface area contributed by atoms with Crippen molar-refractivity contribution in [1.29, 1.82) is 0 Å². The summed E-state index contributed by atoms with van der Waals surface area (Å²) in [5.74, 6) is -0.912. The van der Waals surface area contributed by atoms with Crippen LogP contribution < -0.4 is 5.04 Å². The molecule has 0 aliphatic carbocycles. The zero-order chi connectivity index (χ0) is 8.57. The molecule has 0 saturated carbocycles. The lowest BCUT2D eigenvalue weighted by molar-refractivity contribution is -0.729. The molecule has 0 atom stereocenters. The van der Waals surface area contributed by atoms with Gasteiger partial charge in [0.25, 0.3) is 0 Å². The van der Waals surface area contributed by atoms with Gasteiger partial charge in [-0.05, 0) is 0 Å². The molecular formula is C2H3N2O6+. The quantitative estimate of drug-likeness (QED) is 0.278. The van der Waals surface area contributed by atoms with Gasteiger partial charge in [-0.15, -0.1) is 10.1 Å². The first-order chi connectivity index (χ1) is 4.54. The van der Waals surface area contributed by atoms with Gasteiger partial charge in [-0.3, -0.25) is 4.79 Å². The molecule has 0 amide bonds. The van der Waals surface area contributed by atoms with Gasteiger partial charge in [0.05, 0.1) is 0 Å². The normalized spacial score (nSPS) is 6.10. The molecule has 8 nitrogen and oxygen atoms in total. The average molecular weight is 151 g/mol. The molecule has 0 aromatic carbocycles. The van der Waals surface area contributed by atoms with Crippen LogP contribution in [-0.2, 0) is 9.63 Å². The first-order valence-corrected chi connectivity index (χ1v) is 1.82. The van der Waals surface area contributed by atoms with Crippen LogP contribution in [0.5, 0.6) is 0 Å². The molecule has 0 fully saturated rings. The summed E-state index contributed by atoms with van der Waals surface area (Å²) >= 11 is 0. The third-order valence-corrected chi connectivity index (χ3v) is 0.203. The van der Waals surface area contributed by atoms with Gasteiger partial charge in [0, 0.05) is 6.92 Å². The van der Waals surface area contributed by atoms with Gasteiger partial charge in [0.2, 0.25) is 9.81 Å². The van der Waals surface area contributed by atoms with Crippen LogP contribution in [0.3, 0.4) is 0 Å². The number of nitroso groups, excluding NO2 is 2. The van der Waals surface area contributed by atoms with Gasteiger partial charge in [-0.1, -0.05) is 0 Å². The molecule has 0 N–H and O–H groups in total. The number of hydrogen-bond acceptors (Lipinski definition) is 6. The molecule has 0 spiro atoms. The lowest BCUT2D eigenvalue weighted by Crippen LogP contribution is -2.04. The number of hydrogen-bond donors (Lipinski definition) is 0. The summed E-state index contributed by atoms with van der Waals surface area (Å²) in [7, 11) is 0. The van der Waals surface area contributed by atoms with Crippen molar-refractivity contribution >= 4 is 5.97 Å². The van der Waals surface area contributed by atoms with Gasteiger partial charge in [0.15, 0.2) is 0 Å². The van der Waals surface area contributed by atoms with E-state index in [1.165, 1.54) is 0 Å². The summed E-state index contributed by atoms with van der Waals surface area (Å²) in [6, 6.07) is 0. The Balaban J connectivity index is 0. The molecule has 0 rings (SSSR count). The average Bonchev–Trinajstić information content (AvgIpc) is 1.62. The molecule has 0 radical (unpaired) electrons. The Morgan fingerprint density at radius 2 is 1.90 bits per heavy atom. The maximum Gasteiger partial charge on any atom is 0.569 e. The fraction of sp³-hybridized carbons (Fsp3) is 0.500. The smallest absolute Gasteiger partial charge is 0.269 e. The first-order valence-electron chi connectivity index (χ1n) is 1.82. The van der Waals surface area contributed by atoms with Crippen molar-refractivity contribution in [2.24, 2.45) is 0 Å². The summed E-state index contributed by atoms with van der Waals surface area (Å²) in [4.78, 5) is 38.1. The third kappa shape index (κ3) is 34.9. The fourth-order valence-corrected chi connectivity index (χ4v) is 0.105. The van der Waals surface area contributed by atoms with Gasteiger partial charge < -0.3 is 0 Å². The fourth-order valence-electron chi connectivity index (χ4n) is 0.105. The van der Waals surface area contributed by atoms with Crippen molar-refractivity contribution in [1.82, 2.24) is 5.04 Å². The number of rotatable bonds is 1. The lowest BCUT2D eigenvalue weighted by Gasteiger charge is -1.82. The predicted octanol–water partition coefficient (Wildman–Crippen LogP) is -0.672. The maximum absolute atomic E-state index is 9.59. The largest absolute Gasteiger partial charge is 0.569 e. The van der Waals surface area contributed by atoms with Crippen LogP contribution in [0.1, 0.15) is 6.92 Å². The summed E-state index contributed by atoms with van der Waals surface area (Å²) < 4.78 is 0. The highest BCUT2D eigenvalue weighted by atomic mass is 17.0. The molecule has 0 saturated heterocycles. The Bertz CT molecular complexity index is 145. The minimum Gasteiger partial charge on any atom is -0.269 e. The van der Waals surface area contributed by atoms with Crippen molar-refractivity contribution in [3.05, 3.63) is 19.9 Å². The van der Waals surface area contributed by atoms with Gasteiger partial charge in [-0.25, -0.2) is 4.84 Å². The Kier molecular flexibility index (Phi) is 7.93. The van der Waals surface area contributed by atoms with Crippen LogP contribution in [-0.4, -0.2) is 11.1 Å². The van der Waals surface area contributed by atoms with Crippen LogP contribution in [0.15, 0.2) is 0 Å². The second-order valence-electron chi connectivity index (χ2n) is 0.881. The molecule has 0 aliphatic rings. The SMILES string of the molecule is CC(=O)O[N+](=O)[O-].O=[N+]=O. The van der Waals surface area contributed by atoms with E-state index in [9.17, 15) is 14.9 Å². The van der Waals surface area contributed by atoms with Crippen LogP contribution in [0.2, 0.25) is 0 Å². The molecule has 0 bridgehead atoms. The Morgan fingerprint density at radius 3 is 1.90 bits per heavy atom. The van der Waals surface area contributed by atoms with Crippen LogP contribution in [0.4, 0.5) is 0 Å². The molecular weight excluding hydrogens is 148 g/mol. The topological polar surface area (TPSA) is 118 Å². The molecule has 56 valence electrons. The summed E-state index contributed by atoms with van der Waals surface area (Å²) in [6.07, 6.45) is 0. The van der Waals surface area contributed by atoms with E-state index in [-0.39, 0.29) is 0 Å². The van der Waals surface area contributed by atoms with Crippen molar-refractivity contribution < 1.29 is 14.7 Å². The Hall–Kier alpha value is -1.82. The first kappa shape index (κ1) is 11.0. The summed E-state index contributed by atoms with van der Waals surface area (Å²) in [6.45, 7) is 0.961. The summed E-state index contributed by atoms with van der Waals surface area (Å²) in [5, 5.41) is 9.02.